The second kappa shape index (κ2) is 33.7. The van der Waals surface area contributed by atoms with Crippen LogP contribution in [0.3, 0.4) is 0 Å². The van der Waals surface area contributed by atoms with E-state index in [1.54, 1.807) is 24.3 Å². The molecule has 0 heterocycles. The van der Waals surface area contributed by atoms with E-state index in [-0.39, 0.29) is 0 Å². The first-order valence-electron chi connectivity index (χ1n) is 15.0. The summed E-state index contributed by atoms with van der Waals surface area (Å²) in [5.74, 6) is 0.703. The standard InChI is InChI=1S/C31H52O13/c1-2-33-7-8-34-9-10-35-11-12-36-13-14-37-15-16-38-17-18-39-19-20-40-21-22-41-23-24-42-25-26-43-27-28-44-31-5-3-30(29-32)4-6-31/h2-6,29H,1,7-28H2. The number of rotatable bonds is 36. The summed E-state index contributed by atoms with van der Waals surface area (Å²) < 4.78 is 64.9. The van der Waals surface area contributed by atoms with Gasteiger partial charge in [0.2, 0.25) is 0 Å². The third kappa shape index (κ3) is 28.6. The lowest BCUT2D eigenvalue weighted by Gasteiger charge is -2.09. The van der Waals surface area contributed by atoms with E-state index in [1.165, 1.54) is 6.26 Å². The van der Waals surface area contributed by atoms with Gasteiger partial charge in [0, 0.05) is 5.56 Å². The molecule has 0 spiro atoms. The minimum Gasteiger partial charge on any atom is -0.499 e. The fourth-order valence-corrected chi connectivity index (χ4v) is 3.13. The number of aldehydes is 1. The van der Waals surface area contributed by atoms with Gasteiger partial charge in [0.1, 0.15) is 25.2 Å². The van der Waals surface area contributed by atoms with Crippen LogP contribution in [0.25, 0.3) is 0 Å². The fourth-order valence-electron chi connectivity index (χ4n) is 3.13. The van der Waals surface area contributed by atoms with Gasteiger partial charge < -0.3 is 56.8 Å². The molecular weight excluding hydrogens is 580 g/mol. The van der Waals surface area contributed by atoms with Crippen molar-refractivity contribution >= 4 is 6.29 Å². The minimum atomic E-state index is 0.430. The first-order chi connectivity index (χ1) is 21.9. The summed E-state index contributed by atoms with van der Waals surface area (Å²) in [4.78, 5) is 10.6. The summed E-state index contributed by atoms with van der Waals surface area (Å²) in [6.45, 7) is 14.4. The van der Waals surface area contributed by atoms with Gasteiger partial charge in [-0.2, -0.15) is 0 Å². The van der Waals surface area contributed by atoms with Crippen molar-refractivity contribution in [1.82, 2.24) is 0 Å². The highest BCUT2D eigenvalue weighted by atomic mass is 16.6. The number of carbonyl (C=O) groups is 1. The van der Waals surface area contributed by atoms with Crippen molar-refractivity contribution in [3.63, 3.8) is 0 Å². The molecule has 0 aliphatic carbocycles. The predicted octanol–water partition coefficient (Wildman–Crippen LogP) is 2.20. The number of ether oxygens (including phenoxy) is 12. The van der Waals surface area contributed by atoms with Crippen molar-refractivity contribution < 1.29 is 61.6 Å². The third-order valence-corrected chi connectivity index (χ3v) is 5.32. The lowest BCUT2D eigenvalue weighted by molar-refractivity contribution is -0.0271. The highest BCUT2D eigenvalue weighted by molar-refractivity contribution is 5.74. The van der Waals surface area contributed by atoms with Crippen LogP contribution in [0.1, 0.15) is 10.4 Å². The van der Waals surface area contributed by atoms with Crippen LogP contribution >= 0.6 is 0 Å². The molecule has 0 unspecified atom stereocenters. The van der Waals surface area contributed by atoms with Gasteiger partial charge in [-0.15, -0.1) is 0 Å². The molecular formula is C31H52O13. The van der Waals surface area contributed by atoms with Crippen molar-refractivity contribution in [3.05, 3.63) is 42.7 Å². The quantitative estimate of drug-likeness (QED) is 0.0610. The average molecular weight is 633 g/mol. The molecule has 0 aliphatic heterocycles. The van der Waals surface area contributed by atoms with Crippen molar-refractivity contribution in [2.45, 2.75) is 0 Å². The molecule has 1 aromatic carbocycles. The van der Waals surface area contributed by atoms with Gasteiger partial charge in [-0.1, -0.05) is 6.58 Å². The van der Waals surface area contributed by atoms with E-state index in [9.17, 15) is 4.79 Å². The van der Waals surface area contributed by atoms with Crippen molar-refractivity contribution in [2.24, 2.45) is 0 Å². The molecule has 13 nitrogen and oxygen atoms in total. The zero-order chi connectivity index (χ0) is 31.4. The van der Waals surface area contributed by atoms with Crippen LogP contribution in [0.2, 0.25) is 0 Å². The Labute approximate surface area is 261 Å². The molecule has 0 aromatic heterocycles. The molecule has 0 aliphatic rings. The Morgan fingerprint density at radius 1 is 0.409 bits per heavy atom. The molecule has 0 atom stereocenters. The molecule has 0 saturated carbocycles. The zero-order valence-corrected chi connectivity index (χ0v) is 26.0. The fraction of sp³-hybridized carbons (Fsp3) is 0.710. The molecule has 0 radical (unpaired) electrons. The average Bonchev–Trinajstić information content (AvgIpc) is 3.05. The Bertz CT molecular complexity index is 736. The van der Waals surface area contributed by atoms with Crippen molar-refractivity contribution in [3.8, 4) is 5.75 Å². The maximum Gasteiger partial charge on any atom is 0.150 e. The lowest BCUT2D eigenvalue weighted by atomic mass is 10.2. The van der Waals surface area contributed by atoms with Gasteiger partial charge >= 0.3 is 0 Å². The number of benzene rings is 1. The van der Waals surface area contributed by atoms with E-state index in [1.807, 2.05) is 0 Å². The van der Waals surface area contributed by atoms with Gasteiger partial charge in [0.15, 0.2) is 0 Å². The molecule has 0 bridgehead atoms. The molecule has 13 heteroatoms. The maximum absolute atomic E-state index is 10.6. The van der Waals surface area contributed by atoms with E-state index in [2.05, 4.69) is 6.58 Å². The van der Waals surface area contributed by atoms with Gasteiger partial charge in [0.05, 0.1) is 138 Å². The van der Waals surface area contributed by atoms with E-state index in [4.69, 9.17) is 56.8 Å². The molecule has 1 rings (SSSR count). The van der Waals surface area contributed by atoms with E-state index < -0.39 is 0 Å². The van der Waals surface area contributed by atoms with Crippen LogP contribution in [-0.4, -0.2) is 152 Å². The Hall–Kier alpha value is -2.17. The summed E-state index contributed by atoms with van der Waals surface area (Å²) in [5, 5.41) is 0. The second-order valence-corrected chi connectivity index (χ2v) is 8.70. The monoisotopic (exact) mass is 632 g/mol. The number of hydrogen-bond donors (Lipinski definition) is 0. The lowest BCUT2D eigenvalue weighted by Crippen LogP contribution is -2.15. The predicted molar refractivity (Wildman–Crippen MR) is 162 cm³/mol. The number of carbonyl (C=O) groups excluding carboxylic acids is 1. The van der Waals surface area contributed by atoms with E-state index >= 15 is 0 Å². The van der Waals surface area contributed by atoms with Crippen LogP contribution in [0.15, 0.2) is 37.1 Å². The Morgan fingerprint density at radius 3 is 0.955 bits per heavy atom. The topological polar surface area (TPSA) is 128 Å². The molecule has 0 amide bonds. The van der Waals surface area contributed by atoms with Gasteiger partial charge in [-0.05, 0) is 24.3 Å². The summed E-state index contributed by atoms with van der Waals surface area (Å²) in [7, 11) is 0. The maximum atomic E-state index is 10.6. The third-order valence-electron chi connectivity index (χ3n) is 5.32. The summed E-state index contributed by atoms with van der Waals surface area (Å²) in [6, 6.07) is 6.93. The second-order valence-electron chi connectivity index (χ2n) is 8.70. The first-order valence-corrected chi connectivity index (χ1v) is 15.0. The zero-order valence-electron chi connectivity index (χ0n) is 26.0. The smallest absolute Gasteiger partial charge is 0.150 e. The van der Waals surface area contributed by atoms with Crippen LogP contribution in [-0.2, 0) is 52.1 Å². The van der Waals surface area contributed by atoms with Crippen molar-refractivity contribution in [2.75, 3.05) is 145 Å². The SMILES string of the molecule is C=COCCOCCOCCOCCOCCOCCOCCOCCOCCOCCOCCOc1ccc(C=O)cc1. The van der Waals surface area contributed by atoms with E-state index in [0.29, 0.717) is 157 Å². The van der Waals surface area contributed by atoms with Crippen LogP contribution in [0.4, 0.5) is 0 Å². The summed E-state index contributed by atoms with van der Waals surface area (Å²) >= 11 is 0. The molecule has 0 fully saturated rings. The summed E-state index contributed by atoms with van der Waals surface area (Å²) in [6.07, 6.45) is 2.19. The largest absolute Gasteiger partial charge is 0.499 e. The van der Waals surface area contributed by atoms with Crippen LogP contribution < -0.4 is 4.74 Å². The van der Waals surface area contributed by atoms with Gasteiger partial charge in [-0.25, -0.2) is 0 Å². The normalized spacial score (nSPS) is 11.1. The molecule has 254 valence electrons. The first kappa shape index (κ1) is 39.9. The highest BCUT2D eigenvalue weighted by Crippen LogP contribution is 2.10. The molecule has 0 N–H and O–H groups in total. The van der Waals surface area contributed by atoms with Crippen LogP contribution in [0, 0.1) is 0 Å². The molecule has 0 saturated heterocycles. The Balaban J connectivity index is 1.64. The summed E-state index contributed by atoms with van der Waals surface area (Å²) in [5.41, 5.74) is 0.618. The van der Waals surface area contributed by atoms with Crippen LogP contribution in [0.5, 0.6) is 5.75 Å². The Kier molecular flexibility index (Phi) is 30.5. The Morgan fingerprint density at radius 2 is 0.682 bits per heavy atom. The van der Waals surface area contributed by atoms with Crippen molar-refractivity contribution in [1.29, 1.82) is 0 Å². The van der Waals surface area contributed by atoms with Gasteiger partial charge in [0.25, 0.3) is 0 Å². The minimum absolute atomic E-state index is 0.430. The molecule has 1 aromatic rings. The number of hydrogen-bond acceptors (Lipinski definition) is 13. The molecule has 44 heavy (non-hydrogen) atoms. The van der Waals surface area contributed by atoms with E-state index in [0.717, 1.165) is 6.29 Å². The highest BCUT2D eigenvalue weighted by Gasteiger charge is 1.97. The van der Waals surface area contributed by atoms with Gasteiger partial charge in [-0.3, -0.25) is 4.79 Å².